The number of benzene rings is 1. The van der Waals surface area contributed by atoms with E-state index in [0.29, 0.717) is 0 Å². The van der Waals surface area contributed by atoms with Crippen LogP contribution in [0.15, 0.2) is 34.9 Å². The average Bonchev–Trinajstić information content (AvgIpc) is 2.62. The Kier molecular flexibility index (Phi) is 2.32. The fourth-order valence-electron chi connectivity index (χ4n) is 1.51. The van der Waals surface area contributed by atoms with Crippen molar-refractivity contribution in [2.45, 2.75) is 6.42 Å². The van der Waals surface area contributed by atoms with E-state index in [2.05, 4.69) is 23.5 Å². The molecule has 0 saturated carbocycles. The Morgan fingerprint density at radius 3 is 3.08 bits per heavy atom. The van der Waals surface area contributed by atoms with Crippen LogP contribution in [0.25, 0.3) is 11.0 Å². The van der Waals surface area contributed by atoms with Crippen molar-refractivity contribution >= 4 is 11.0 Å². The lowest BCUT2D eigenvalue weighted by molar-refractivity contribution is 0.609. The van der Waals surface area contributed by atoms with E-state index in [-0.39, 0.29) is 0 Å². The fraction of sp³-hybridized carbons (Fsp3) is 0.273. The lowest BCUT2D eigenvalue weighted by Gasteiger charge is -2.00. The standard InChI is InChI=1S/C11H13NO/c1-12-7-5-9-3-2-4-10-6-8-13-11(9)10/h2-4,6,8,12H,5,7H2,1H3. The van der Waals surface area contributed by atoms with Crippen LogP contribution in [0.4, 0.5) is 0 Å². The highest BCUT2D eigenvalue weighted by Crippen LogP contribution is 2.19. The molecular weight excluding hydrogens is 162 g/mol. The van der Waals surface area contributed by atoms with Gasteiger partial charge in [0.1, 0.15) is 5.58 Å². The Bertz CT molecular complexity index is 392. The largest absolute Gasteiger partial charge is 0.464 e. The van der Waals surface area contributed by atoms with E-state index in [0.717, 1.165) is 18.5 Å². The molecule has 0 fully saturated rings. The highest BCUT2D eigenvalue weighted by Gasteiger charge is 2.02. The van der Waals surface area contributed by atoms with Gasteiger partial charge < -0.3 is 9.73 Å². The highest BCUT2D eigenvalue weighted by molar-refractivity contribution is 5.80. The summed E-state index contributed by atoms with van der Waals surface area (Å²) in [4.78, 5) is 0. The van der Waals surface area contributed by atoms with Crippen LogP contribution in [-0.2, 0) is 6.42 Å². The third-order valence-electron chi connectivity index (χ3n) is 2.20. The zero-order chi connectivity index (χ0) is 9.10. The van der Waals surface area contributed by atoms with Crippen LogP contribution in [0.1, 0.15) is 5.56 Å². The summed E-state index contributed by atoms with van der Waals surface area (Å²) >= 11 is 0. The van der Waals surface area contributed by atoms with Crippen molar-refractivity contribution in [3.05, 3.63) is 36.1 Å². The Morgan fingerprint density at radius 1 is 1.31 bits per heavy atom. The van der Waals surface area contributed by atoms with Crippen molar-refractivity contribution in [3.63, 3.8) is 0 Å². The van der Waals surface area contributed by atoms with Crippen LogP contribution in [0, 0.1) is 0 Å². The second-order valence-electron chi connectivity index (χ2n) is 3.11. The second-order valence-corrected chi connectivity index (χ2v) is 3.11. The summed E-state index contributed by atoms with van der Waals surface area (Å²) in [5, 5.41) is 4.32. The molecule has 0 unspecified atom stereocenters. The molecule has 1 aromatic heterocycles. The Morgan fingerprint density at radius 2 is 2.23 bits per heavy atom. The number of likely N-dealkylation sites (N-methyl/N-ethyl adjacent to an activating group) is 1. The molecular formula is C11H13NO. The number of para-hydroxylation sites is 1. The maximum Gasteiger partial charge on any atom is 0.137 e. The number of nitrogens with one attached hydrogen (secondary N) is 1. The molecule has 2 heteroatoms. The number of furan rings is 1. The summed E-state index contributed by atoms with van der Waals surface area (Å²) in [6.07, 6.45) is 2.76. The van der Waals surface area contributed by atoms with Gasteiger partial charge in [0.15, 0.2) is 0 Å². The zero-order valence-corrected chi connectivity index (χ0v) is 7.71. The summed E-state index contributed by atoms with van der Waals surface area (Å²) in [5.74, 6) is 0. The van der Waals surface area contributed by atoms with E-state index in [9.17, 15) is 0 Å². The molecule has 13 heavy (non-hydrogen) atoms. The summed E-state index contributed by atoms with van der Waals surface area (Å²) in [6.45, 7) is 0.986. The first-order chi connectivity index (χ1) is 6.42. The number of fused-ring (bicyclic) bond motifs is 1. The van der Waals surface area contributed by atoms with Gasteiger partial charge in [0.05, 0.1) is 6.26 Å². The van der Waals surface area contributed by atoms with Crippen molar-refractivity contribution in [1.82, 2.24) is 5.32 Å². The van der Waals surface area contributed by atoms with Crippen molar-refractivity contribution in [1.29, 1.82) is 0 Å². The van der Waals surface area contributed by atoms with E-state index in [1.54, 1.807) is 6.26 Å². The summed E-state index contributed by atoms with van der Waals surface area (Å²) in [5.41, 5.74) is 2.30. The van der Waals surface area contributed by atoms with Gasteiger partial charge in [-0.05, 0) is 31.6 Å². The maximum absolute atomic E-state index is 5.42. The van der Waals surface area contributed by atoms with Gasteiger partial charge in [0, 0.05) is 5.39 Å². The lowest BCUT2D eigenvalue weighted by atomic mass is 10.1. The van der Waals surface area contributed by atoms with Crippen molar-refractivity contribution < 1.29 is 4.42 Å². The molecule has 0 atom stereocenters. The van der Waals surface area contributed by atoms with Crippen molar-refractivity contribution in [3.8, 4) is 0 Å². The van der Waals surface area contributed by atoms with Gasteiger partial charge in [-0.1, -0.05) is 18.2 Å². The van der Waals surface area contributed by atoms with Crippen LogP contribution in [-0.4, -0.2) is 13.6 Å². The molecule has 0 bridgehead atoms. The minimum Gasteiger partial charge on any atom is -0.464 e. The lowest BCUT2D eigenvalue weighted by Crippen LogP contribution is -2.10. The van der Waals surface area contributed by atoms with Crippen LogP contribution in [0.2, 0.25) is 0 Å². The zero-order valence-electron chi connectivity index (χ0n) is 7.71. The van der Waals surface area contributed by atoms with E-state index in [1.807, 2.05) is 13.1 Å². The van der Waals surface area contributed by atoms with Gasteiger partial charge in [-0.25, -0.2) is 0 Å². The highest BCUT2D eigenvalue weighted by atomic mass is 16.3. The molecule has 68 valence electrons. The van der Waals surface area contributed by atoms with Gasteiger partial charge >= 0.3 is 0 Å². The predicted molar refractivity (Wildman–Crippen MR) is 53.8 cm³/mol. The number of hydrogen-bond donors (Lipinski definition) is 1. The minimum atomic E-state index is 0.986. The molecule has 2 rings (SSSR count). The first-order valence-electron chi connectivity index (χ1n) is 4.51. The van der Waals surface area contributed by atoms with E-state index >= 15 is 0 Å². The number of hydrogen-bond acceptors (Lipinski definition) is 2. The van der Waals surface area contributed by atoms with Crippen molar-refractivity contribution in [2.75, 3.05) is 13.6 Å². The van der Waals surface area contributed by atoms with Crippen LogP contribution < -0.4 is 5.32 Å². The maximum atomic E-state index is 5.42. The van der Waals surface area contributed by atoms with Gasteiger partial charge in [-0.2, -0.15) is 0 Å². The molecule has 0 aliphatic carbocycles. The topological polar surface area (TPSA) is 25.2 Å². The summed E-state index contributed by atoms with van der Waals surface area (Å²) in [6, 6.07) is 8.26. The van der Waals surface area contributed by atoms with Gasteiger partial charge in [-0.15, -0.1) is 0 Å². The number of rotatable bonds is 3. The third kappa shape index (κ3) is 1.58. The van der Waals surface area contributed by atoms with Gasteiger partial charge in [0.25, 0.3) is 0 Å². The smallest absolute Gasteiger partial charge is 0.137 e. The van der Waals surface area contributed by atoms with Crippen LogP contribution in [0.5, 0.6) is 0 Å². The predicted octanol–water partition coefficient (Wildman–Crippen LogP) is 2.19. The molecule has 2 aromatic rings. The third-order valence-corrected chi connectivity index (χ3v) is 2.20. The summed E-state index contributed by atoms with van der Waals surface area (Å²) < 4.78 is 5.42. The van der Waals surface area contributed by atoms with Crippen LogP contribution >= 0.6 is 0 Å². The van der Waals surface area contributed by atoms with Gasteiger partial charge in [0.2, 0.25) is 0 Å². The Labute approximate surface area is 77.6 Å². The molecule has 0 spiro atoms. The second kappa shape index (κ2) is 3.62. The van der Waals surface area contributed by atoms with E-state index in [1.165, 1.54) is 10.9 Å². The molecule has 1 N–H and O–H groups in total. The minimum absolute atomic E-state index is 0.986. The van der Waals surface area contributed by atoms with Crippen LogP contribution in [0.3, 0.4) is 0 Å². The van der Waals surface area contributed by atoms with E-state index < -0.39 is 0 Å². The first kappa shape index (κ1) is 8.32. The molecule has 0 aliphatic rings. The SMILES string of the molecule is CNCCc1cccc2ccoc12. The Balaban J connectivity index is 2.37. The molecule has 0 aliphatic heterocycles. The molecule has 0 amide bonds. The normalized spacial score (nSPS) is 10.8. The Hall–Kier alpha value is -1.28. The first-order valence-corrected chi connectivity index (χ1v) is 4.51. The molecule has 0 radical (unpaired) electrons. The fourth-order valence-corrected chi connectivity index (χ4v) is 1.51. The average molecular weight is 175 g/mol. The van der Waals surface area contributed by atoms with Crippen molar-refractivity contribution in [2.24, 2.45) is 0 Å². The quantitative estimate of drug-likeness (QED) is 0.773. The van der Waals surface area contributed by atoms with Gasteiger partial charge in [-0.3, -0.25) is 0 Å². The molecule has 2 nitrogen and oxygen atoms in total. The molecule has 0 saturated heterocycles. The van der Waals surface area contributed by atoms with E-state index in [4.69, 9.17) is 4.42 Å². The molecule has 1 aromatic carbocycles. The molecule has 1 heterocycles. The summed E-state index contributed by atoms with van der Waals surface area (Å²) in [7, 11) is 1.96. The monoisotopic (exact) mass is 175 g/mol.